The van der Waals surface area contributed by atoms with Gasteiger partial charge in [-0.25, -0.2) is 20.0 Å². The summed E-state index contributed by atoms with van der Waals surface area (Å²) in [6.07, 6.45) is 3.46. The van der Waals surface area contributed by atoms with Gasteiger partial charge in [0.05, 0.1) is 33.5 Å². The Hall–Kier alpha value is -2.32. The van der Waals surface area contributed by atoms with Crippen molar-refractivity contribution in [3.8, 4) is 0 Å². The van der Waals surface area contributed by atoms with Crippen LogP contribution in [0.1, 0.15) is 72.3 Å². The molecule has 1 unspecified atom stereocenters. The average Bonchev–Trinajstić information content (AvgIpc) is 3.42. The minimum absolute atomic E-state index is 0.315. The predicted octanol–water partition coefficient (Wildman–Crippen LogP) is 7.00. The van der Waals surface area contributed by atoms with E-state index >= 15 is 0 Å². The molecule has 0 saturated carbocycles. The third-order valence-electron chi connectivity index (χ3n) is 6.30. The molecule has 1 aromatic rings. The number of hydrogen-bond donors (Lipinski definition) is 1. The second kappa shape index (κ2) is 13.3. The highest BCUT2D eigenvalue weighted by molar-refractivity contribution is 6.82. The number of hydrogen-bond acceptors (Lipinski definition) is 5. The van der Waals surface area contributed by atoms with Crippen molar-refractivity contribution in [2.75, 3.05) is 6.61 Å². The molecule has 1 aliphatic carbocycles. The summed E-state index contributed by atoms with van der Waals surface area (Å²) < 4.78 is 17.2. The summed E-state index contributed by atoms with van der Waals surface area (Å²) in [5.41, 5.74) is 6.14. The quantitative estimate of drug-likeness (QED) is 0.132. The van der Waals surface area contributed by atoms with E-state index in [0.29, 0.717) is 13.2 Å². The minimum Gasteiger partial charge on any atom is -0.446 e. The lowest BCUT2D eigenvalue weighted by Crippen LogP contribution is -2.65. The van der Waals surface area contributed by atoms with Crippen molar-refractivity contribution in [2.45, 2.75) is 110 Å². The maximum atomic E-state index is 13.5. The van der Waals surface area contributed by atoms with Crippen molar-refractivity contribution < 1.29 is 23.8 Å². The van der Waals surface area contributed by atoms with Gasteiger partial charge >= 0.3 is 12.2 Å². The topological polar surface area (TPSA) is 77.1 Å². The van der Waals surface area contributed by atoms with Crippen LogP contribution < -0.4 is 5.43 Å². The number of nitrogens with zero attached hydrogens (tertiary/aromatic N) is 1. The number of unbranched alkanes of at least 4 members (excludes halogenated alkanes) is 3. The molecule has 8 heteroatoms. The van der Waals surface area contributed by atoms with Crippen molar-refractivity contribution in [2.24, 2.45) is 0 Å². The number of nitrogens with one attached hydrogen (secondary N) is 1. The molecule has 36 heavy (non-hydrogen) atoms. The highest BCUT2D eigenvalue weighted by atomic mass is 28.3. The predicted molar refractivity (Wildman–Crippen MR) is 146 cm³/mol. The zero-order valence-electron chi connectivity index (χ0n) is 23.5. The lowest BCUT2D eigenvalue weighted by atomic mass is 10.1. The monoisotopic (exact) mass is 518 g/mol. The van der Waals surface area contributed by atoms with E-state index in [2.05, 4.69) is 32.0 Å². The van der Waals surface area contributed by atoms with Crippen LogP contribution in [0.5, 0.6) is 0 Å². The molecule has 0 bridgehead atoms. The van der Waals surface area contributed by atoms with E-state index in [0.717, 1.165) is 36.8 Å². The Morgan fingerprint density at radius 2 is 1.56 bits per heavy atom. The molecule has 0 radical (unpaired) electrons. The minimum atomic E-state index is -2.18. The molecule has 0 aliphatic heterocycles. The first-order chi connectivity index (χ1) is 16.9. The first-order valence-corrected chi connectivity index (χ1v) is 16.8. The number of carbonyl (C=O) groups is 2. The number of carbonyl (C=O) groups excluding carboxylic acids is 2. The van der Waals surface area contributed by atoms with E-state index in [1.54, 1.807) is 27.7 Å². The number of amides is 2. The summed E-state index contributed by atoms with van der Waals surface area (Å²) in [5.74, 6) is 0. The van der Waals surface area contributed by atoms with Crippen LogP contribution in [-0.4, -0.2) is 49.2 Å². The van der Waals surface area contributed by atoms with Crippen molar-refractivity contribution in [1.29, 1.82) is 0 Å². The summed E-state index contributed by atoms with van der Waals surface area (Å²) in [4.78, 5) is 26.2. The Kier molecular flexibility index (Phi) is 11.0. The van der Waals surface area contributed by atoms with Gasteiger partial charge in [0.15, 0.2) is 0 Å². The normalized spacial score (nSPS) is 17.4. The van der Waals surface area contributed by atoms with Crippen LogP contribution in [0.25, 0.3) is 0 Å². The molecule has 0 aromatic heterocycles. The molecule has 0 spiro atoms. The molecule has 202 valence electrons. The van der Waals surface area contributed by atoms with E-state index in [-0.39, 0.29) is 12.2 Å². The molecule has 0 saturated heterocycles. The highest BCUT2D eigenvalue weighted by Gasteiger charge is 2.66. The van der Waals surface area contributed by atoms with Gasteiger partial charge in [0.25, 0.3) is 0 Å². The molecule has 2 amide bonds. The highest BCUT2D eigenvalue weighted by Crippen LogP contribution is 2.56. The number of rotatable bonds is 13. The molecule has 1 aliphatic rings. The van der Waals surface area contributed by atoms with Gasteiger partial charge in [0.1, 0.15) is 5.16 Å². The number of benzene rings is 1. The Morgan fingerprint density at radius 1 is 0.917 bits per heavy atom. The van der Waals surface area contributed by atoms with Crippen LogP contribution in [0.15, 0.2) is 41.5 Å². The SMILES string of the molecule is CCCCCCC1=C(COCc2ccccc2)C1(N(NC(=O)OC(C)C)C(=O)OC(C)C)[Si](C)(C)C. The van der Waals surface area contributed by atoms with E-state index < -0.39 is 25.4 Å². The molecular weight excluding hydrogens is 472 g/mol. The van der Waals surface area contributed by atoms with E-state index in [4.69, 9.17) is 14.2 Å². The molecular formula is C28H46N2O5Si. The Bertz CT molecular complexity index is 895. The third-order valence-corrected chi connectivity index (χ3v) is 9.30. The molecule has 0 heterocycles. The van der Waals surface area contributed by atoms with Crippen LogP contribution in [0, 0.1) is 0 Å². The van der Waals surface area contributed by atoms with Crippen molar-refractivity contribution in [3.63, 3.8) is 0 Å². The summed E-state index contributed by atoms with van der Waals surface area (Å²) in [7, 11) is -2.18. The second-order valence-corrected chi connectivity index (χ2v) is 16.3. The van der Waals surface area contributed by atoms with Gasteiger partial charge in [-0.05, 0) is 57.2 Å². The first-order valence-electron chi connectivity index (χ1n) is 13.3. The average molecular weight is 519 g/mol. The summed E-state index contributed by atoms with van der Waals surface area (Å²) >= 11 is 0. The Labute approximate surface area is 218 Å². The fraction of sp³-hybridized carbons (Fsp3) is 0.643. The standard InChI is InChI=1S/C28H46N2O5Si/c1-9-10-11-15-18-24-25(20-33-19-23-16-13-12-14-17-23)28(24,36(6,7)8)30(27(32)35-22(4)5)29-26(31)34-21(2)3/h12-14,16-17,21-22H,9-11,15,18-20H2,1-8H3,(H,29,31). The zero-order chi connectivity index (χ0) is 26.9. The molecule has 1 N–H and O–H groups in total. The fourth-order valence-corrected chi connectivity index (χ4v) is 7.90. The smallest absolute Gasteiger partial charge is 0.429 e. The Morgan fingerprint density at radius 3 is 2.11 bits per heavy atom. The summed E-state index contributed by atoms with van der Waals surface area (Å²) in [5, 5.41) is 0.720. The summed E-state index contributed by atoms with van der Waals surface area (Å²) in [6, 6.07) is 10.0. The fourth-order valence-electron chi connectivity index (χ4n) is 4.84. The molecule has 1 atom stereocenters. The van der Waals surface area contributed by atoms with Crippen molar-refractivity contribution in [1.82, 2.24) is 10.4 Å². The van der Waals surface area contributed by atoms with E-state index in [9.17, 15) is 9.59 Å². The summed E-state index contributed by atoms with van der Waals surface area (Å²) in [6.45, 7) is 16.9. The first kappa shape index (κ1) is 29.9. The molecule has 7 nitrogen and oxygen atoms in total. The number of hydrazine groups is 1. The second-order valence-electron chi connectivity index (χ2n) is 11.0. The van der Waals surface area contributed by atoms with E-state index in [1.807, 2.05) is 30.3 Å². The van der Waals surface area contributed by atoms with Crippen molar-refractivity contribution in [3.05, 3.63) is 47.0 Å². The van der Waals surface area contributed by atoms with Crippen LogP contribution in [0.3, 0.4) is 0 Å². The largest absolute Gasteiger partial charge is 0.446 e. The maximum Gasteiger partial charge on any atom is 0.429 e. The molecule has 1 aromatic carbocycles. The maximum absolute atomic E-state index is 13.5. The van der Waals surface area contributed by atoms with Crippen LogP contribution in [-0.2, 0) is 20.8 Å². The van der Waals surface area contributed by atoms with Gasteiger partial charge in [0.2, 0.25) is 0 Å². The van der Waals surface area contributed by atoms with Crippen molar-refractivity contribution >= 4 is 20.3 Å². The van der Waals surface area contributed by atoms with Gasteiger partial charge in [-0.3, -0.25) is 0 Å². The van der Waals surface area contributed by atoms with Gasteiger partial charge in [-0.1, -0.05) is 76.2 Å². The molecule has 2 rings (SSSR count). The van der Waals surface area contributed by atoms with Gasteiger partial charge in [0, 0.05) is 0 Å². The number of ether oxygens (including phenoxy) is 3. The van der Waals surface area contributed by atoms with E-state index in [1.165, 1.54) is 17.0 Å². The lowest BCUT2D eigenvalue weighted by Gasteiger charge is -2.42. The van der Waals surface area contributed by atoms with Crippen LogP contribution in [0.2, 0.25) is 19.6 Å². The van der Waals surface area contributed by atoms with Crippen LogP contribution >= 0.6 is 0 Å². The molecule has 0 fully saturated rings. The third kappa shape index (κ3) is 7.59. The van der Waals surface area contributed by atoms with Gasteiger partial charge in [-0.2, -0.15) is 0 Å². The van der Waals surface area contributed by atoms with Gasteiger partial charge in [-0.15, -0.1) is 0 Å². The van der Waals surface area contributed by atoms with Gasteiger partial charge < -0.3 is 14.2 Å². The lowest BCUT2D eigenvalue weighted by molar-refractivity contribution is 0.0368. The van der Waals surface area contributed by atoms with Crippen LogP contribution in [0.4, 0.5) is 9.59 Å². The Balaban J connectivity index is 2.39. The zero-order valence-corrected chi connectivity index (χ0v) is 24.5.